The number of nitrogens with two attached hydrogens (primary N) is 1. The summed E-state index contributed by atoms with van der Waals surface area (Å²) in [4.78, 5) is 20.3. The number of unbranched alkanes of at least 4 members (excludes halogenated alkanes) is 1. The Labute approximate surface area is 133 Å². The summed E-state index contributed by atoms with van der Waals surface area (Å²) in [6, 6.07) is 3.70. The van der Waals surface area contributed by atoms with E-state index in [-0.39, 0.29) is 5.78 Å². The summed E-state index contributed by atoms with van der Waals surface area (Å²) in [5, 5.41) is 1.93. The summed E-state index contributed by atoms with van der Waals surface area (Å²) < 4.78 is 1.90. The topological polar surface area (TPSA) is 73.8 Å². The molecule has 3 aromatic heterocycles. The van der Waals surface area contributed by atoms with Gasteiger partial charge >= 0.3 is 0 Å². The van der Waals surface area contributed by atoms with Crippen molar-refractivity contribution in [2.45, 2.75) is 33.6 Å². The summed E-state index contributed by atoms with van der Waals surface area (Å²) in [6.45, 7) is 5.92. The number of imidazole rings is 1. The number of hydrogen-bond donors (Lipinski definition) is 1. The molecule has 0 aliphatic carbocycles. The molecule has 0 fully saturated rings. The minimum atomic E-state index is 0.0665. The lowest BCUT2D eigenvalue weighted by Gasteiger charge is -2.00. The van der Waals surface area contributed by atoms with Gasteiger partial charge in [-0.05, 0) is 19.1 Å². The van der Waals surface area contributed by atoms with Crippen molar-refractivity contribution >= 4 is 34.0 Å². The van der Waals surface area contributed by atoms with Crippen LogP contribution in [0.4, 0.5) is 5.82 Å². The van der Waals surface area contributed by atoms with E-state index >= 15 is 0 Å². The molecule has 0 aliphatic rings. The number of pyridine rings is 1. The molecular formula is C16H20N4OS. The van der Waals surface area contributed by atoms with Gasteiger partial charge in [-0.15, -0.1) is 11.3 Å². The van der Waals surface area contributed by atoms with Crippen molar-refractivity contribution in [3.05, 3.63) is 34.9 Å². The predicted molar refractivity (Wildman–Crippen MR) is 91.7 cm³/mol. The van der Waals surface area contributed by atoms with Crippen molar-refractivity contribution in [1.29, 1.82) is 0 Å². The molecule has 0 unspecified atom stereocenters. The highest BCUT2D eigenvalue weighted by molar-refractivity contribution is 7.12. The molecule has 0 aliphatic heterocycles. The number of Topliss-reactive ketones (excluding diaryl/α,β-unsaturated/α-hetero) is 1. The molecule has 0 saturated heterocycles. The molecule has 2 N–H and O–H groups in total. The van der Waals surface area contributed by atoms with Gasteiger partial charge in [0.25, 0.3) is 0 Å². The summed E-state index contributed by atoms with van der Waals surface area (Å²) in [7, 11) is 0. The quantitative estimate of drug-likeness (QED) is 0.739. The lowest BCUT2D eigenvalue weighted by molar-refractivity contribution is 0.102. The Balaban J connectivity index is 0.000000396. The lowest BCUT2D eigenvalue weighted by atomic mass is 10.3. The van der Waals surface area contributed by atoms with Gasteiger partial charge < -0.3 is 5.73 Å². The van der Waals surface area contributed by atoms with Crippen LogP contribution in [-0.4, -0.2) is 20.3 Å². The molecule has 0 saturated carbocycles. The maximum Gasteiger partial charge on any atom is 0.169 e. The minimum absolute atomic E-state index is 0.0665. The van der Waals surface area contributed by atoms with E-state index in [2.05, 4.69) is 23.8 Å². The van der Waals surface area contributed by atoms with Crippen LogP contribution in [-0.2, 0) is 0 Å². The maximum atomic E-state index is 11.3. The Morgan fingerprint density at radius 2 is 2.05 bits per heavy atom. The second kappa shape index (κ2) is 7.17. The molecule has 0 bridgehead atoms. The normalized spacial score (nSPS) is 10.3. The van der Waals surface area contributed by atoms with Crippen LogP contribution in [0.5, 0.6) is 0 Å². The van der Waals surface area contributed by atoms with Crippen LogP contribution in [0.1, 0.15) is 43.3 Å². The van der Waals surface area contributed by atoms with E-state index in [0.29, 0.717) is 11.3 Å². The smallest absolute Gasteiger partial charge is 0.169 e. The van der Waals surface area contributed by atoms with Crippen LogP contribution in [0.15, 0.2) is 30.0 Å². The number of nitrogen functional groups attached to an aromatic ring is 1. The molecule has 5 nitrogen and oxygen atoms in total. The molecule has 6 heteroatoms. The van der Waals surface area contributed by atoms with Crippen LogP contribution in [0.25, 0.3) is 16.7 Å². The fourth-order valence-corrected chi connectivity index (χ4v) is 2.59. The van der Waals surface area contributed by atoms with E-state index in [4.69, 9.17) is 5.73 Å². The highest BCUT2D eigenvalue weighted by Gasteiger charge is 2.10. The number of rotatable bonds is 3. The molecule has 0 atom stereocenters. The van der Waals surface area contributed by atoms with E-state index in [1.807, 2.05) is 22.1 Å². The van der Waals surface area contributed by atoms with Crippen LogP contribution < -0.4 is 5.73 Å². The minimum Gasteiger partial charge on any atom is -0.382 e. The lowest BCUT2D eigenvalue weighted by Crippen LogP contribution is -1.93. The summed E-state index contributed by atoms with van der Waals surface area (Å²) in [5.41, 5.74) is 8.24. The van der Waals surface area contributed by atoms with E-state index < -0.39 is 0 Å². The summed E-state index contributed by atoms with van der Waals surface area (Å²) in [6.07, 6.45) is 5.97. The number of thiophene rings is 1. The monoisotopic (exact) mass is 316 g/mol. The summed E-state index contributed by atoms with van der Waals surface area (Å²) in [5.74, 6) is 0.477. The van der Waals surface area contributed by atoms with Gasteiger partial charge in [0.05, 0.1) is 16.1 Å². The van der Waals surface area contributed by atoms with Crippen molar-refractivity contribution in [2.75, 3.05) is 5.73 Å². The SMILES string of the molecule is CC(=O)c1cc(-n2cnc3c(N)nccc32)cs1.CCCC. The first-order chi connectivity index (χ1) is 10.6. The molecule has 0 amide bonds. The van der Waals surface area contributed by atoms with E-state index in [1.54, 1.807) is 19.4 Å². The van der Waals surface area contributed by atoms with Gasteiger partial charge in [-0.1, -0.05) is 26.7 Å². The molecule has 0 radical (unpaired) electrons. The zero-order valence-electron chi connectivity index (χ0n) is 13.0. The van der Waals surface area contributed by atoms with Crippen LogP contribution >= 0.6 is 11.3 Å². The highest BCUT2D eigenvalue weighted by atomic mass is 32.1. The molecule has 3 heterocycles. The number of aromatic nitrogens is 3. The predicted octanol–water partition coefficient (Wildman–Crippen LogP) is 4.07. The first kappa shape index (κ1) is 16.2. The van der Waals surface area contributed by atoms with Gasteiger partial charge in [-0.25, -0.2) is 9.97 Å². The zero-order chi connectivity index (χ0) is 16.1. The van der Waals surface area contributed by atoms with Crippen molar-refractivity contribution in [1.82, 2.24) is 14.5 Å². The largest absolute Gasteiger partial charge is 0.382 e. The van der Waals surface area contributed by atoms with Gasteiger partial charge in [0.1, 0.15) is 11.8 Å². The van der Waals surface area contributed by atoms with Crippen molar-refractivity contribution < 1.29 is 4.79 Å². The number of fused-ring (bicyclic) bond motifs is 1. The number of carbonyl (C=O) groups is 1. The Hall–Kier alpha value is -2.21. The molecule has 116 valence electrons. The van der Waals surface area contributed by atoms with Crippen LogP contribution in [0.3, 0.4) is 0 Å². The van der Waals surface area contributed by atoms with Gasteiger partial charge in [0.15, 0.2) is 11.6 Å². The Morgan fingerprint density at radius 3 is 2.64 bits per heavy atom. The molecule has 22 heavy (non-hydrogen) atoms. The Morgan fingerprint density at radius 1 is 1.32 bits per heavy atom. The molecule has 3 rings (SSSR count). The molecule has 0 aromatic carbocycles. The third kappa shape index (κ3) is 3.33. The second-order valence-electron chi connectivity index (χ2n) is 4.90. The average Bonchev–Trinajstić information content (AvgIpc) is 3.14. The van der Waals surface area contributed by atoms with E-state index in [9.17, 15) is 4.79 Å². The summed E-state index contributed by atoms with van der Waals surface area (Å²) >= 11 is 1.42. The molecular weight excluding hydrogens is 296 g/mol. The number of carbonyl (C=O) groups excluding carboxylic acids is 1. The maximum absolute atomic E-state index is 11.3. The average molecular weight is 316 g/mol. The van der Waals surface area contributed by atoms with Gasteiger partial charge in [0.2, 0.25) is 0 Å². The standard InChI is InChI=1S/C12H10N4OS.C4H10/c1-7(17)10-4-8(5-18-10)16-6-15-11-9(16)2-3-14-12(11)13;1-3-4-2/h2-6H,1H3,(H2,13,14);3-4H2,1-2H3. The third-order valence-electron chi connectivity index (χ3n) is 3.20. The number of anilines is 1. The van der Waals surface area contributed by atoms with Crippen molar-refractivity contribution in [2.24, 2.45) is 0 Å². The third-order valence-corrected chi connectivity index (χ3v) is 4.22. The van der Waals surface area contributed by atoms with Crippen molar-refractivity contribution in [3.63, 3.8) is 0 Å². The first-order valence-corrected chi connectivity index (χ1v) is 8.13. The zero-order valence-corrected chi connectivity index (χ0v) is 13.9. The molecule has 3 aromatic rings. The van der Waals surface area contributed by atoms with Gasteiger partial charge in [-0.3, -0.25) is 9.36 Å². The number of ketones is 1. The van der Waals surface area contributed by atoms with Crippen LogP contribution in [0.2, 0.25) is 0 Å². The fourth-order valence-electron chi connectivity index (χ4n) is 1.81. The van der Waals surface area contributed by atoms with Crippen molar-refractivity contribution in [3.8, 4) is 5.69 Å². The van der Waals surface area contributed by atoms with E-state index in [0.717, 1.165) is 16.1 Å². The number of hydrogen-bond acceptors (Lipinski definition) is 5. The van der Waals surface area contributed by atoms with Gasteiger partial charge in [-0.2, -0.15) is 0 Å². The molecule has 0 spiro atoms. The van der Waals surface area contributed by atoms with Crippen LogP contribution in [0, 0.1) is 0 Å². The Kier molecular flexibility index (Phi) is 5.27. The highest BCUT2D eigenvalue weighted by Crippen LogP contribution is 2.24. The number of nitrogens with zero attached hydrogens (tertiary/aromatic N) is 3. The first-order valence-electron chi connectivity index (χ1n) is 7.25. The second-order valence-corrected chi connectivity index (χ2v) is 5.82. The van der Waals surface area contributed by atoms with E-state index in [1.165, 1.54) is 24.2 Å². The van der Waals surface area contributed by atoms with Gasteiger partial charge in [0, 0.05) is 11.6 Å². The fraction of sp³-hybridized carbons (Fsp3) is 0.312. The Bertz CT molecular complexity index is 773.